The number of rotatable bonds is 6. The average molecular weight is 510 g/mol. The molecule has 0 spiro atoms. The van der Waals surface area contributed by atoms with Crippen LogP contribution >= 0.6 is 22.9 Å². The molecule has 9 heteroatoms. The number of carbonyl (C=O) groups excluding carboxylic acids is 1. The summed E-state index contributed by atoms with van der Waals surface area (Å²) < 4.78 is 2.00. The number of hydrogen-bond donors (Lipinski definition) is 1. The van der Waals surface area contributed by atoms with Crippen LogP contribution < -0.4 is 14.9 Å². The topological polar surface area (TPSA) is 92.0 Å². The number of carbonyl (C=O) groups is 2. The number of hydrogen-bond acceptors (Lipinski definition) is 5. The zero-order valence-electron chi connectivity index (χ0n) is 19.5. The van der Waals surface area contributed by atoms with Crippen LogP contribution in [0, 0.1) is 0 Å². The number of thiazole rings is 1. The van der Waals surface area contributed by atoms with Crippen LogP contribution in [0.5, 0.6) is 0 Å². The summed E-state index contributed by atoms with van der Waals surface area (Å²) in [5.74, 6) is -1.17. The van der Waals surface area contributed by atoms with Gasteiger partial charge < -0.3 is 10.0 Å². The molecule has 1 aliphatic heterocycles. The van der Waals surface area contributed by atoms with Crippen molar-refractivity contribution in [1.29, 1.82) is 0 Å². The van der Waals surface area contributed by atoms with Crippen molar-refractivity contribution in [2.24, 2.45) is 4.99 Å². The molecule has 1 aliphatic rings. The second-order valence-electron chi connectivity index (χ2n) is 8.04. The summed E-state index contributed by atoms with van der Waals surface area (Å²) in [4.78, 5) is 45.2. The van der Waals surface area contributed by atoms with E-state index in [1.165, 1.54) is 23.5 Å². The first kappa shape index (κ1) is 24.6. The van der Waals surface area contributed by atoms with Crippen molar-refractivity contribution in [1.82, 2.24) is 9.47 Å². The zero-order valence-corrected chi connectivity index (χ0v) is 21.1. The molecule has 180 valence electrons. The Hall–Kier alpha value is -3.49. The number of likely N-dealkylation sites (N-methyl/N-ethyl adjacent to an activating group) is 1. The van der Waals surface area contributed by atoms with E-state index in [1.807, 2.05) is 26.0 Å². The highest BCUT2D eigenvalue weighted by atomic mass is 35.5. The van der Waals surface area contributed by atoms with E-state index in [0.29, 0.717) is 44.3 Å². The van der Waals surface area contributed by atoms with Gasteiger partial charge in [0.2, 0.25) is 0 Å². The van der Waals surface area contributed by atoms with E-state index in [4.69, 9.17) is 16.7 Å². The van der Waals surface area contributed by atoms with Gasteiger partial charge in [-0.15, -0.1) is 0 Å². The smallest absolute Gasteiger partial charge is 0.335 e. The fourth-order valence-corrected chi connectivity index (χ4v) is 5.28. The molecule has 0 aliphatic carbocycles. The summed E-state index contributed by atoms with van der Waals surface area (Å²) >= 11 is 7.35. The van der Waals surface area contributed by atoms with Gasteiger partial charge in [0.25, 0.3) is 11.5 Å². The molecule has 0 fully saturated rings. The highest BCUT2D eigenvalue weighted by Gasteiger charge is 2.34. The van der Waals surface area contributed by atoms with Gasteiger partial charge in [-0.05, 0) is 62.2 Å². The lowest BCUT2D eigenvalue weighted by Gasteiger charge is -2.29. The Labute approximate surface area is 210 Å². The van der Waals surface area contributed by atoms with Crippen LogP contribution in [0.1, 0.15) is 48.3 Å². The Morgan fingerprint density at radius 2 is 1.74 bits per heavy atom. The molecule has 1 aromatic heterocycles. The Bertz CT molecular complexity index is 1500. The molecule has 1 amide bonds. The number of fused-ring (bicyclic) bond motifs is 1. The molecule has 0 radical (unpaired) electrons. The van der Waals surface area contributed by atoms with Gasteiger partial charge in [-0.2, -0.15) is 0 Å². The van der Waals surface area contributed by atoms with E-state index in [9.17, 15) is 14.4 Å². The molecule has 3 aromatic rings. The van der Waals surface area contributed by atoms with Gasteiger partial charge in [-0.3, -0.25) is 14.2 Å². The maximum absolute atomic E-state index is 13.6. The van der Waals surface area contributed by atoms with Crippen LogP contribution in [-0.2, 0) is 4.79 Å². The van der Waals surface area contributed by atoms with Gasteiger partial charge in [0.15, 0.2) is 4.80 Å². The monoisotopic (exact) mass is 509 g/mol. The summed E-state index contributed by atoms with van der Waals surface area (Å²) in [5.41, 5.74) is 2.38. The Morgan fingerprint density at radius 3 is 2.31 bits per heavy atom. The summed E-state index contributed by atoms with van der Waals surface area (Å²) in [7, 11) is 0. The van der Waals surface area contributed by atoms with E-state index < -0.39 is 12.0 Å². The van der Waals surface area contributed by atoms with Crippen LogP contribution in [0.4, 0.5) is 0 Å². The molecule has 7 nitrogen and oxygen atoms in total. The number of aromatic carboxylic acids is 1. The van der Waals surface area contributed by atoms with Crippen LogP contribution in [-0.4, -0.2) is 39.5 Å². The fourth-order valence-electron chi connectivity index (χ4n) is 4.11. The molecule has 0 saturated heterocycles. The first-order valence-corrected chi connectivity index (χ1v) is 12.3. The third-order valence-electron chi connectivity index (χ3n) is 5.94. The lowest BCUT2D eigenvalue weighted by atomic mass is 9.94. The summed E-state index contributed by atoms with van der Waals surface area (Å²) in [6.45, 7) is 6.70. The molecule has 35 heavy (non-hydrogen) atoms. The van der Waals surface area contributed by atoms with E-state index in [1.54, 1.807) is 46.7 Å². The van der Waals surface area contributed by atoms with Crippen LogP contribution in [0.15, 0.2) is 69.6 Å². The molecule has 2 heterocycles. The molecule has 0 saturated carbocycles. The van der Waals surface area contributed by atoms with Gasteiger partial charge in [0, 0.05) is 18.1 Å². The van der Waals surface area contributed by atoms with Crippen LogP contribution in [0.3, 0.4) is 0 Å². The average Bonchev–Trinajstić information content (AvgIpc) is 3.14. The quantitative estimate of drug-likeness (QED) is 0.551. The third kappa shape index (κ3) is 4.72. The largest absolute Gasteiger partial charge is 0.478 e. The maximum Gasteiger partial charge on any atom is 0.335 e. The van der Waals surface area contributed by atoms with Gasteiger partial charge in [-0.1, -0.05) is 47.2 Å². The van der Waals surface area contributed by atoms with Gasteiger partial charge >= 0.3 is 5.97 Å². The van der Waals surface area contributed by atoms with Crippen molar-refractivity contribution in [3.63, 3.8) is 0 Å². The normalized spacial score (nSPS) is 15.5. The highest BCUT2D eigenvalue weighted by molar-refractivity contribution is 7.07. The van der Waals surface area contributed by atoms with Crippen LogP contribution in [0.2, 0.25) is 5.02 Å². The second kappa shape index (κ2) is 10.0. The number of aromatic nitrogens is 1. The Balaban J connectivity index is 1.91. The standard InChI is InChI=1S/C26H24ClN3O4S/c1-4-29(5-2)24(32)21-15(3)28-26-30(22(21)17-10-12-19(27)13-11-17)23(31)20(35-26)14-16-6-8-18(9-7-16)25(33)34/h6-14,22H,4-5H2,1-3H3,(H,33,34)/b20-14+/t22-/m0/s1. The fraction of sp³-hybridized carbons (Fsp3) is 0.231. The minimum Gasteiger partial charge on any atom is -0.478 e. The molecular formula is C26H24ClN3O4S. The van der Waals surface area contributed by atoms with Crippen LogP contribution in [0.25, 0.3) is 6.08 Å². The third-order valence-corrected chi connectivity index (χ3v) is 7.18. The number of amides is 1. The molecule has 0 bridgehead atoms. The SMILES string of the molecule is CCN(CC)C(=O)C1=C(C)N=c2s/c(=C/c3ccc(C(=O)O)cc3)c(=O)n2[C@H]1c1ccc(Cl)cc1. The summed E-state index contributed by atoms with van der Waals surface area (Å²) in [6, 6.07) is 12.8. The molecule has 1 N–H and O–H groups in total. The summed E-state index contributed by atoms with van der Waals surface area (Å²) in [5, 5.41) is 9.68. The van der Waals surface area contributed by atoms with E-state index in [2.05, 4.69) is 4.99 Å². The van der Waals surface area contributed by atoms with Crippen molar-refractivity contribution in [2.45, 2.75) is 26.8 Å². The number of benzene rings is 2. The lowest BCUT2D eigenvalue weighted by molar-refractivity contribution is -0.127. The van der Waals surface area contributed by atoms with E-state index in [0.717, 1.165) is 5.56 Å². The molecule has 0 unspecified atom stereocenters. The predicted molar refractivity (Wildman–Crippen MR) is 137 cm³/mol. The number of halogens is 1. The zero-order chi connectivity index (χ0) is 25.3. The number of carboxylic acid groups (broad SMARTS) is 1. The minimum absolute atomic E-state index is 0.158. The Kier molecular flexibility index (Phi) is 7.05. The van der Waals surface area contributed by atoms with Gasteiger partial charge in [-0.25, -0.2) is 9.79 Å². The van der Waals surface area contributed by atoms with Crippen molar-refractivity contribution >= 4 is 40.9 Å². The van der Waals surface area contributed by atoms with E-state index in [-0.39, 0.29) is 17.0 Å². The number of allylic oxidation sites excluding steroid dienone is 1. The van der Waals surface area contributed by atoms with E-state index >= 15 is 0 Å². The van der Waals surface area contributed by atoms with Crippen molar-refractivity contribution < 1.29 is 14.7 Å². The Morgan fingerprint density at radius 1 is 1.11 bits per heavy atom. The van der Waals surface area contributed by atoms with Crippen molar-refractivity contribution in [2.75, 3.05) is 13.1 Å². The number of nitrogens with zero attached hydrogens (tertiary/aromatic N) is 3. The lowest BCUT2D eigenvalue weighted by Crippen LogP contribution is -2.43. The predicted octanol–water partition coefficient (Wildman–Crippen LogP) is 3.46. The molecule has 4 rings (SSSR count). The molecule has 1 atom stereocenters. The van der Waals surface area contributed by atoms with Crippen molar-refractivity contribution in [3.05, 3.63) is 101 Å². The highest BCUT2D eigenvalue weighted by Crippen LogP contribution is 2.31. The number of carboxylic acids is 1. The molecular weight excluding hydrogens is 486 g/mol. The van der Waals surface area contributed by atoms with Gasteiger partial charge in [0.05, 0.1) is 27.4 Å². The second-order valence-corrected chi connectivity index (χ2v) is 9.48. The first-order chi connectivity index (χ1) is 16.7. The minimum atomic E-state index is -1.01. The first-order valence-electron chi connectivity index (χ1n) is 11.2. The van der Waals surface area contributed by atoms with Gasteiger partial charge in [0.1, 0.15) is 0 Å². The van der Waals surface area contributed by atoms with Crippen molar-refractivity contribution in [3.8, 4) is 0 Å². The summed E-state index contributed by atoms with van der Waals surface area (Å²) in [6.07, 6.45) is 1.71. The maximum atomic E-state index is 13.6. The molecule has 2 aromatic carbocycles.